The number of hydrogen-bond donors (Lipinski definition) is 1. The van der Waals surface area contributed by atoms with Crippen LogP contribution in [0.5, 0.6) is 0 Å². The molecule has 8 atom stereocenters. The highest BCUT2D eigenvalue weighted by Gasteiger charge is 2.70. The predicted molar refractivity (Wildman–Crippen MR) is 167 cm³/mol. The van der Waals surface area contributed by atoms with Crippen LogP contribution in [0, 0.1) is 56.2 Å². The second-order valence-electron chi connectivity index (χ2n) is 17.1. The van der Waals surface area contributed by atoms with Crippen molar-refractivity contribution in [2.45, 2.75) is 113 Å². The molecule has 5 aliphatic rings. The summed E-state index contributed by atoms with van der Waals surface area (Å²) in [6.45, 7) is 16.3. The van der Waals surface area contributed by atoms with Gasteiger partial charge in [0.2, 0.25) is 0 Å². The number of carboxylic acid groups (broad SMARTS) is 1. The largest absolute Gasteiger partial charge is 0.481 e. The summed E-state index contributed by atoms with van der Waals surface area (Å²) in [4.78, 5) is 40.0. The summed E-state index contributed by atoms with van der Waals surface area (Å²) < 4.78 is 6.14. The van der Waals surface area contributed by atoms with E-state index >= 15 is 0 Å². The summed E-state index contributed by atoms with van der Waals surface area (Å²) in [5, 5.41) is 10.1. The molecule has 1 aromatic carbocycles. The molecule has 4 saturated carbocycles. The monoisotopic (exact) mass is 588 g/mol. The Morgan fingerprint density at radius 2 is 1.56 bits per heavy atom. The summed E-state index contributed by atoms with van der Waals surface area (Å²) in [6, 6.07) is 9.99. The minimum absolute atomic E-state index is 0.0282. The third-order valence-corrected chi connectivity index (χ3v) is 14.3. The molecule has 5 nitrogen and oxygen atoms in total. The van der Waals surface area contributed by atoms with Crippen LogP contribution >= 0.6 is 0 Å². The lowest BCUT2D eigenvalue weighted by atomic mass is 9.33. The molecule has 43 heavy (non-hydrogen) atoms. The lowest BCUT2D eigenvalue weighted by molar-refractivity contribution is -0.199. The number of rotatable bonds is 4. The van der Waals surface area contributed by atoms with Crippen LogP contribution in [0.2, 0.25) is 0 Å². The number of carboxylic acids is 1. The van der Waals surface area contributed by atoms with Crippen molar-refractivity contribution in [3.63, 3.8) is 0 Å². The van der Waals surface area contributed by atoms with Gasteiger partial charge in [0.15, 0.2) is 5.78 Å². The second-order valence-corrected chi connectivity index (χ2v) is 17.1. The number of hydrogen-bond acceptors (Lipinski definition) is 4. The quantitative estimate of drug-likeness (QED) is 0.217. The zero-order valence-electron chi connectivity index (χ0n) is 27.4. The van der Waals surface area contributed by atoms with Crippen molar-refractivity contribution in [2.24, 2.45) is 56.2 Å². The number of Topliss-reactive ketones (excluding diaryl/α,β-unsaturated/α-hetero) is 1. The third-order valence-electron chi connectivity index (χ3n) is 14.3. The van der Waals surface area contributed by atoms with Crippen LogP contribution in [-0.2, 0) is 25.7 Å². The summed E-state index contributed by atoms with van der Waals surface area (Å²) in [7, 11) is 0. The number of carbonyl (C=O) groups excluding carboxylic acids is 2. The Kier molecular flexibility index (Phi) is 6.96. The molecule has 0 aliphatic heterocycles. The molecule has 4 fully saturated rings. The Balaban J connectivity index is 1.38. The first-order chi connectivity index (χ1) is 20.0. The lowest BCUT2D eigenvalue weighted by Gasteiger charge is -2.70. The molecule has 2 unspecified atom stereocenters. The third kappa shape index (κ3) is 4.26. The van der Waals surface area contributed by atoms with E-state index < -0.39 is 22.7 Å². The van der Waals surface area contributed by atoms with Gasteiger partial charge in [0, 0.05) is 5.41 Å². The van der Waals surface area contributed by atoms with Crippen molar-refractivity contribution in [3.05, 3.63) is 47.5 Å². The Hall–Kier alpha value is -2.43. The number of carbonyl (C=O) groups is 3. The number of fused-ring (bicyclic) bond motifs is 7. The molecule has 1 N–H and O–H groups in total. The Morgan fingerprint density at radius 1 is 0.884 bits per heavy atom. The number of allylic oxidation sites excluding steroid dienone is 2. The Morgan fingerprint density at radius 3 is 2.23 bits per heavy atom. The molecule has 5 aliphatic carbocycles. The SMILES string of the molecule is CC1(C)CC[C@]2(C(=O)OCc3ccccc3)CC[C@]3(C)C(=CCC4[C@@]5(C)CC(C(=O)O)C(=O)C(C)(C)[C@@H]5CC[C@]43C)[C@@H]2C1. The first-order valence-corrected chi connectivity index (χ1v) is 16.7. The molecule has 0 radical (unpaired) electrons. The predicted octanol–water partition coefficient (Wildman–Crippen LogP) is 8.41. The number of ketones is 1. The molecule has 0 saturated heterocycles. The summed E-state index contributed by atoms with van der Waals surface area (Å²) in [5.74, 6) is -1.42. The molecular formula is C38H52O5. The normalized spacial score (nSPS) is 42.8. The van der Waals surface area contributed by atoms with Gasteiger partial charge in [0.25, 0.3) is 0 Å². The van der Waals surface area contributed by atoms with Crippen molar-refractivity contribution in [2.75, 3.05) is 0 Å². The molecule has 0 aromatic heterocycles. The van der Waals surface area contributed by atoms with Crippen LogP contribution in [0.15, 0.2) is 42.0 Å². The van der Waals surface area contributed by atoms with Gasteiger partial charge in [-0.2, -0.15) is 0 Å². The maximum absolute atomic E-state index is 14.2. The van der Waals surface area contributed by atoms with Crippen LogP contribution < -0.4 is 0 Å². The van der Waals surface area contributed by atoms with Crippen LogP contribution in [-0.4, -0.2) is 22.8 Å². The van der Waals surface area contributed by atoms with E-state index in [1.807, 2.05) is 44.2 Å². The van der Waals surface area contributed by atoms with E-state index in [1.54, 1.807) is 0 Å². The van der Waals surface area contributed by atoms with Crippen molar-refractivity contribution in [3.8, 4) is 0 Å². The first-order valence-electron chi connectivity index (χ1n) is 16.7. The fraction of sp³-hybridized carbons (Fsp3) is 0.711. The van der Waals surface area contributed by atoms with E-state index in [4.69, 9.17) is 4.74 Å². The van der Waals surface area contributed by atoms with Crippen LogP contribution in [0.3, 0.4) is 0 Å². The highest BCUT2D eigenvalue weighted by atomic mass is 16.5. The van der Waals surface area contributed by atoms with E-state index in [2.05, 4.69) is 40.7 Å². The molecule has 234 valence electrons. The summed E-state index contributed by atoms with van der Waals surface area (Å²) in [6.07, 6.45) is 10.4. The number of esters is 1. The van der Waals surface area contributed by atoms with Crippen molar-refractivity contribution < 1.29 is 24.2 Å². The maximum atomic E-state index is 14.2. The lowest BCUT2D eigenvalue weighted by Crippen LogP contribution is -2.66. The minimum atomic E-state index is -0.968. The van der Waals surface area contributed by atoms with E-state index in [0.29, 0.717) is 13.0 Å². The van der Waals surface area contributed by atoms with Gasteiger partial charge in [-0.05, 0) is 103 Å². The van der Waals surface area contributed by atoms with E-state index in [9.17, 15) is 19.5 Å². The first kappa shape index (κ1) is 30.6. The molecular weight excluding hydrogens is 536 g/mol. The molecule has 6 rings (SSSR count). The van der Waals surface area contributed by atoms with Gasteiger partial charge in [-0.1, -0.05) is 90.4 Å². The molecule has 0 spiro atoms. The Labute approximate surface area is 258 Å². The molecule has 0 amide bonds. The van der Waals surface area contributed by atoms with E-state index in [1.165, 1.54) is 5.57 Å². The van der Waals surface area contributed by atoms with Gasteiger partial charge < -0.3 is 9.84 Å². The van der Waals surface area contributed by atoms with Gasteiger partial charge in [-0.25, -0.2) is 0 Å². The van der Waals surface area contributed by atoms with Crippen LogP contribution in [0.1, 0.15) is 112 Å². The molecule has 0 heterocycles. The van der Waals surface area contributed by atoms with Crippen LogP contribution in [0.25, 0.3) is 0 Å². The van der Waals surface area contributed by atoms with Gasteiger partial charge in [0.1, 0.15) is 12.5 Å². The minimum Gasteiger partial charge on any atom is -0.481 e. The molecule has 5 heteroatoms. The van der Waals surface area contributed by atoms with E-state index in [0.717, 1.165) is 56.9 Å². The van der Waals surface area contributed by atoms with Gasteiger partial charge in [0.05, 0.1) is 5.41 Å². The standard InChI is InChI=1S/C38H52O5/c1-33(2)17-19-38(32(42)43-23-24-11-9-8-10-12-24)20-18-36(6)26(27(38)22-33)13-14-29-35(5)21-25(31(40)41)30(39)34(3,4)28(35)15-16-37(29,36)7/h8-13,25,27-29H,14-23H2,1-7H3,(H,40,41)/t25?,27-,28-,29?,35-,36+,37+,38-/m0/s1. The average molecular weight is 589 g/mol. The van der Waals surface area contributed by atoms with Gasteiger partial charge in [-0.3, -0.25) is 14.4 Å². The average Bonchev–Trinajstić information content (AvgIpc) is 2.94. The fourth-order valence-corrected chi connectivity index (χ4v) is 11.7. The second kappa shape index (κ2) is 9.78. The van der Waals surface area contributed by atoms with E-state index in [-0.39, 0.29) is 51.2 Å². The smallest absolute Gasteiger partial charge is 0.314 e. The van der Waals surface area contributed by atoms with Gasteiger partial charge >= 0.3 is 11.9 Å². The maximum Gasteiger partial charge on any atom is 0.314 e. The summed E-state index contributed by atoms with van der Waals surface area (Å²) in [5.41, 5.74) is 1.12. The van der Waals surface area contributed by atoms with Crippen molar-refractivity contribution in [1.29, 1.82) is 0 Å². The van der Waals surface area contributed by atoms with Crippen LogP contribution in [0.4, 0.5) is 0 Å². The highest BCUT2D eigenvalue weighted by Crippen LogP contribution is 2.75. The zero-order chi connectivity index (χ0) is 31.2. The molecule has 0 bridgehead atoms. The van der Waals surface area contributed by atoms with Gasteiger partial charge in [-0.15, -0.1) is 0 Å². The Bertz CT molecular complexity index is 1360. The highest BCUT2D eigenvalue weighted by molar-refractivity contribution is 6.02. The number of aliphatic carboxylic acids is 1. The summed E-state index contributed by atoms with van der Waals surface area (Å²) >= 11 is 0. The van der Waals surface area contributed by atoms with Crippen molar-refractivity contribution >= 4 is 17.7 Å². The topological polar surface area (TPSA) is 80.7 Å². The number of ether oxygens (including phenoxy) is 1. The fourth-order valence-electron chi connectivity index (χ4n) is 11.7. The molecule has 1 aromatic rings. The number of benzene rings is 1. The van der Waals surface area contributed by atoms with Crippen molar-refractivity contribution in [1.82, 2.24) is 0 Å². The zero-order valence-corrected chi connectivity index (χ0v) is 27.4.